The van der Waals surface area contributed by atoms with Crippen LogP contribution < -0.4 is 10.6 Å². The van der Waals surface area contributed by atoms with Gasteiger partial charge in [-0.05, 0) is 17.7 Å². The van der Waals surface area contributed by atoms with Gasteiger partial charge in [-0.15, -0.1) is 0 Å². The molecule has 1 saturated heterocycles. The van der Waals surface area contributed by atoms with Crippen LogP contribution in [0.3, 0.4) is 0 Å². The van der Waals surface area contributed by atoms with E-state index in [0.29, 0.717) is 26.2 Å². The number of carbonyl (C=O) groups excluding carboxylic acids is 1. The zero-order valence-corrected chi connectivity index (χ0v) is 11.1. The molecule has 1 heterocycles. The predicted octanol–water partition coefficient (Wildman–Crippen LogP) is 0.380. The number of carbonyl (C=O) groups is 2. The molecule has 1 atom stereocenters. The summed E-state index contributed by atoms with van der Waals surface area (Å²) in [7, 11) is 0. The number of hydrogen-bond donors (Lipinski definition) is 3. The summed E-state index contributed by atoms with van der Waals surface area (Å²) in [5.74, 6) is -1.05. The smallest absolute Gasteiger partial charge is 0.335 e. The average molecular weight is 278 g/mol. The van der Waals surface area contributed by atoms with Gasteiger partial charge in [0.1, 0.15) is 0 Å². The van der Waals surface area contributed by atoms with E-state index in [2.05, 4.69) is 10.6 Å². The Morgan fingerprint density at radius 2 is 2.30 bits per heavy atom. The summed E-state index contributed by atoms with van der Waals surface area (Å²) in [4.78, 5) is 22.6. The van der Waals surface area contributed by atoms with E-state index >= 15 is 0 Å². The molecule has 0 aromatic heterocycles. The number of aromatic carboxylic acids is 1. The monoisotopic (exact) mass is 278 g/mol. The lowest BCUT2D eigenvalue weighted by Crippen LogP contribution is -2.44. The molecule has 2 rings (SSSR count). The largest absolute Gasteiger partial charge is 0.478 e. The van der Waals surface area contributed by atoms with E-state index in [-0.39, 0.29) is 17.5 Å². The molecule has 1 aromatic rings. The fourth-order valence-corrected chi connectivity index (χ4v) is 2.06. The van der Waals surface area contributed by atoms with E-state index in [0.717, 1.165) is 12.1 Å². The van der Waals surface area contributed by atoms with Crippen LogP contribution in [0.25, 0.3) is 0 Å². The third-order valence-electron chi connectivity index (χ3n) is 3.09. The SMILES string of the molecule is O=C(CC1COCCN1)NCc1cccc(C(=O)O)c1. The maximum Gasteiger partial charge on any atom is 0.335 e. The Bertz CT molecular complexity index is 484. The Morgan fingerprint density at radius 3 is 3.00 bits per heavy atom. The van der Waals surface area contributed by atoms with Gasteiger partial charge in [-0.2, -0.15) is 0 Å². The summed E-state index contributed by atoms with van der Waals surface area (Å²) in [5, 5.41) is 14.9. The number of morpholine rings is 1. The van der Waals surface area contributed by atoms with E-state index in [1.165, 1.54) is 6.07 Å². The number of benzene rings is 1. The standard InChI is InChI=1S/C14H18N2O4/c17-13(7-12-9-20-5-4-15-12)16-8-10-2-1-3-11(6-10)14(18)19/h1-3,6,12,15H,4-5,7-9H2,(H,16,17)(H,18,19). The van der Waals surface area contributed by atoms with Crippen LogP contribution in [0.15, 0.2) is 24.3 Å². The molecule has 0 aliphatic carbocycles. The van der Waals surface area contributed by atoms with Crippen LogP contribution >= 0.6 is 0 Å². The van der Waals surface area contributed by atoms with Gasteiger partial charge in [0, 0.05) is 25.6 Å². The van der Waals surface area contributed by atoms with Crippen LogP contribution in [0.4, 0.5) is 0 Å². The summed E-state index contributed by atoms with van der Waals surface area (Å²) in [6.07, 6.45) is 0.360. The normalized spacial score (nSPS) is 18.5. The number of amides is 1. The molecule has 3 N–H and O–H groups in total. The fourth-order valence-electron chi connectivity index (χ4n) is 2.06. The fraction of sp³-hybridized carbons (Fsp3) is 0.429. The molecule has 1 aliphatic heterocycles. The molecule has 1 aromatic carbocycles. The number of ether oxygens (including phenoxy) is 1. The first kappa shape index (κ1) is 14.5. The third kappa shape index (κ3) is 4.32. The van der Waals surface area contributed by atoms with Crippen molar-refractivity contribution in [3.8, 4) is 0 Å². The van der Waals surface area contributed by atoms with Crippen LogP contribution in [0.1, 0.15) is 22.3 Å². The minimum Gasteiger partial charge on any atom is -0.478 e. The minimum atomic E-state index is -0.971. The summed E-state index contributed by atoms with van der Waals surface area (Å²) in [6.45, 7) is 2.31. The predicted molar refractivity (Wildman–Crippen MR) is 72.5 cm³/mol. The Hall–Kier alpha value is -1.92. The second kappa shape index (κ2) is 7.02. The van der Waals surface area contributed by atoms with Gasteiger partial charge in [0.05, 0.1) is 18.8 Å². The summed E-state index contributed by atoms with van der Waals surface area (Å²) >= 11 is 0. The van der Waals surface area contributed by atoms with Crippen LogP contribution in [0, 0.1) is 0 Å². The Morgan fingerprint density at radius 1 is 1.45 bits per heavy atom. The topological polar surface area (TPSA) is 87.7 Å². The van der Waals surface area contributed by atoms with Gasteiger partial charge >= 0.3 is 5.97 Å². The summed E-state index contributed by atoms with van der Waals surface area (Å²) in [6, 6.07) is 6.59. The van der Waals surface area contributed by atoms with Gasteiger partial charge in [0.25, 0.3) is 0 Å². The van der Waals surface area contributed by atoms with Crippen molar-refractivity contribution in [2.24, 2.45) is 0 Å². The highest BCUT2D eigenvalue weighted by atomic mass is 16.5. The van der Waals surface area contributed by atoms with Gasteiger partial charge in [0.15, 0.2) is 0 Å². The van der Waals surface area contributed by atoms with Crippen molar-refractivity contribution in [1.82, 2.24) is 10.6 Å². The molecule has 1 fully saturated rings. The second-order valence-corrected chi connectivity index (χ2v) is 4.71. The highest BCUT2D eigenvalue weighted by molar-refractivity contribution is 5.87. The first-order chi connectivity index (χ1) is 9.65. The molecule has 0 spiro atoms. The highest BCUT2D eigenvalue weighted by Gasteiger charge is 2.16. The average Bonchev–Trinajstić information content (AvgIpc) is 2.46. The van der Waals surface area contributed by atoms with Crippen molar-refractivity contribution < 1.29 is 19.4 Å². The number of carboxylic acid groups (broad SMARTS) is 1. The van der Waals surface area contributed by atoms with Gasteiger partial charge in [-0.3, -0.25) is 4.79 Å². The van der Waals surface area contributed by atoms with E-state index in [9.17, 15) is 9.59 Å². The molecular formula is C14H18N2O4. The lowest BCUT2D eigenvalue weighted by molar-refractivity contribution is -0.122. The van der Waals surface area contributed by atoms with E-state index in [1.54, 1.807) is 18.2 Å². The van der Waals surface area contributed by atoms with Gasteiger partial charge < -0.3 is 20.5 Å². The number of carboxylic acids is 1. The van der Waals surface area contributed by atoms with Gasteiger partial charge in [-0.25, -0.2) is 4.79 Å². The zero-order chi connectivity index (χ0) is 14.4. The Kier molecular flexibility index (Phi) is 5.09. The first-order valence-electron chi connectivity index (χ1n) is 6.55. The molecule has 108 valence electrons. The lowest BCUT2D eigenvalue weighted by Gasteiger charge is -2.23. The Labute approximate surface area is 117 Å². The molecule has 20 heavy (non-hydrogen) atoms. The van der Waals surface area contributed by atoms with Crippen molar-refractivity contribution in [1.29, 1.82) is 0 Å². The van der Waals surface area contributed by atoms with Crippen molar-refractivity contribution in [3.05, 3.63) is 35.4 Å². The zero-order valence-electron chi connectivity index (χ0n) is 11.1. The van der Waals surface area contributed by atoms with Gasteiger partial charge in [-0.1, -0.05) is 12.1 Å². The molecular weight excluding hydrogens is 260 g/mol. The quantitative estimate of drug-likeness (QED) is 0.724. The lowest BCUT2D eigenvalue weighted by atomic mass is 10.1. The van der Waals surface area contributed by atoms with Crippen LogP contribution in [-0.2, 0) is 16.1 Å². The molecule has 1 aliphatic rings. The third-order valence-corrected chi connectivity index (χ3v) is 3.09. The molecule has 1 unspecified atom stereocenters. The first-order valence-corrected chi connectivity index (χ1v) is 6.55. The maximum absolute atomic E-state index is 11.8. The highest BCUT2D eigenvalue weighted by Crippen LogP contribution is 2.05. The number of rotatable bonds is 5. The van der Waals surface area contributed by atoms with E-state index in [4.69, 9.17) is 9.84 Å². The molecule has 0 radical (unpaired) electrons. The number of nitrogens with one attached hydrogen (secondary N) is 2. The van der Waals surface area contributed by atoms with Crippen LogP contribution in [-0.4, -0.2) is 42.8 Å². The second-order valence-electron chi connectivity index (χ2n) is 4.71. The minimum absolute atomic E-state index is 0.0501. The number of hydrogen-bond acceptors (Lipinski definition) is 4. The van der Waals surface area contributed by atoms with Crippen molar-refractivity contribution >= 4 is 11.9 Å². The Balaban J connectivity index is 1.80. The van der Waals surface area contributed by atoms with Crippen LogP contribution in [0.2, 0.25) is 0 Å². The molecule has 6 nitrogen and oxygen atoms in total. The molecule has 0 bridgehead atoms. The summed E-state index contributed by atoms with van der Waals surface area (Å²) < 4.78 is 5.28. The maximum atomic E-state index is 11.8. The van der Waals surface area contributed by atoms with Crippen LogP contribution in [0.5, 0.6) is 0 Å². The van der Waals surface area contributed by atoms with Crippen molar-refractivity contribution in [2.45, 2.75) is 19.0 Å². The summed E-state index contributed by atoms with van der Waals surface area (Å²) in [5.41, 5.74) is 0.991. The van der Waals surface area contributed by atoms with E-state index in [1.807, 2.05) is 0 Å². The van der Waals surface area contributed by atoms with Crippen molar-refractivity contribution in [2.75, 3.05) is 19.8 Å². The van der Waals surface area contributed by atoms with Crippen molar-refractivity contribution in [3.63, 3.8) is 0 Å². The van der Waals surface area contributed by atoms with E-state index < -0.39 is 5.97 Å². The van der Waals surface area contributed by atoms with Gasteiger partial charge in [0.2, 0.25) is 5.91 Å². The molecule has 1 amide bonds. The molecule has 6 heteroatoms. The molecule has 0 saturated carbocycles.